The molecule has 2 N–H and O–H groups in total. The lowest BCUT2D eigenvalue weighted by atomic mass is 10.2. The molecule has 1 aromatic carbocycles. The van der Waals surface area contributed by atoms with E-state index < -0.39 is 28.1 Å². The Hall–Kier alpha value is -2.28. The van der Waals surface area contributed by atoms with Gasteiger partial charge in [-0.3, -0.25) is 9.59 Å². The lowest BCUT2D eigenvalue weighted by Crippen LogP contribution is -2.16. The number of benzene rings is 1. The Balaban J connectivity index is 2.28. The molecule has 2 rings (SSSR count). The van der Waals surface area contributed by atoms with Crippen molar-refractivity contribution in [3.63, 3.8) is 0 Å². The molecule has 0 saturated carbocycles. The number of anilines is 1. The Kier molecular flexibility index (Phi) is 4.04. The average molecular weight is 317 g/mol. The molecule has 0 aliphatic heterocycles. The van der Waals surface area contributed by atoms with Crippen LogP contribution in [0.1, 0.15) is 16.1 Å². The number of hydrogen-bond acceptors (Lipinski definition) is 2. The Morgan fingerprint density at radius 3 is 2.52 bits per heavy atom. The third kappa shape index (κ3) is 3.63. The Bertz CT molecular complexity index is 741. The molecule has 0 aliphatic rings. The van der Waals surface area contributed by atoms with Crippen molar-refractivity contribution in [3.05, 3.63) is 63.0 Å². The second kappa shape index (κ2) is 5.61. The van der Waals surface area contributed by atoms with Crippen molar-refractivity contribution in [1.82, 2.24) is 4.98 Å². The molecule has 21 heavy (non-hydrogen) atoms. The summed E-state index contributed by atoms with van der Waals surface area (Å²) in [5.41, 5.74) is -1.60. The summed E-state index contributed by atoms with van der Waals surface area (Å²) in [5.74, 6) is -0.733. The molecule has 8 heteroatoms. The summed E-state index contributed by atoms with van der Waals surface area (Å²) in [4.78, 5) is 25.5. The van der Waals surface area contributed by atoms with Gasteiger partial charge >= 0.3 is 6.18 Å². The second-order valence-electron chi connectivity index (χ2n) is 4.08. The van der Waals surface area contributed by atoms with E-state index in [1.54, 1.807) is 0 Å². The molecule has 0 saturated heterocycles. The van der Waals surface area contributed by atoms with Crippen LogP contribution >= 0.6 is 11.6 Å². The number of rotatable bonds is 2. The van der Waals surface area contributed by atoms with Crippen molar-refractivity contribution in [2.24, 2.45) is 0 Å². The van der Waals surface area contributed by atoms with E-state index in [2.05, 4.69) is 10.3 Å². The van der Waals surface area contributed by atoms with Gasteiger partial charge in [0.15, 0.2) is 5.43 Å². The largest absolute Gasteiger partial charge is 0.417 e. The monoisotopic (exact) mass is 316 g/mol. The first-order valence-corrected chi connectivity index (χ1v) is 6.02. The van der Waals surface area contributed by atoms with Crippen LogP contribution < -0.4 is 10.7 Å². The lowest BCUT2D eigenvalue weighted by Gasteiger charge is -2.11. The Morgan fingerprint density at radius 2 is 1.90 bits per heavy atom. The molecule has 1 amide bonds. The normalized spacial score (nSPS) is 11.2. The number of carbonyl (C=O) groups excluding carboxylic acids is 1. The standard InChI is InChI=1S/C13H8ClF3N2O2/c14-10-2-1-7(5-9(10)13(15,16)17)19-12(21)11-6-8(20)3-4-18-11/h1-6H,(H,18,20)(H,19,21). The van der Waals surface area contributed by atoms with Crippen LogP contribution in [0.25, 0.3) is 0 Å². The number of hydrogen-bond donors (Lipinski definition) is 2. The van der Waals surface area contributed by atoms with Gasteiger partial charge in [-0.25, -0.2) is 0 Å². The number of nitrogens with one attached hydrogen (secondary N) is 2. The summed E-state index contributed by atoms with van der Waals surface area (Å²) >= 11 is 5.47. The zero-order valence-electron chi connectivity index (χ0n) is 10.3. The predicted octanol–water partition coefficient (Wildman–Crippen LogP) is 3.30. The number of H-pyrrole nitrogens is 1. The Labute approximate surface area is 121 Å². The van der Waals surface area contributed by atoms with E-state index in [9.17, 15) is 22.8 Å². The van der Waals surface area contributed by atoms with Crippen molar-refractivity contribution in [3.8, 4) is 0 Å². The van der Waals surface area contributed by atoms with E-state index in [4.69, 9.17) is 11.6 Å². The van der Waals surface area contributed by atoms with Gasteiger partial charge in [0.25, 0.3) is 5.91 Å². The summed E-state index contributed by atoms with van der Waals surface area (Å²) in [7, 11) is 0. The molecule has 0 atom stereocenters. The quantitative estimate of drug-likeness (QED) is 0.893. The van der Waals surface area contributed by atoms with Crippen LogP contribution in [0.2, 0.25) is 5.02 Å². The molecule has 0 fully saturated rings. The fourth-order valence-electron chi connectivity index (χ4n) is 1.60. The SMILES string of the molecule is O=C(Nc1ccc(Cl)c(C(F)(F)F)c1)c1cc(=O)cc[nH]1. The van der Waals surface area contributed by atoms with Crippen molar-refractivity contribution >= 4 is 23.2 Å². The van der Waals surface area contributed by atoms with Crippen molar-refractivity contribution in [2.45, 2.75) is 6.18 Å². The molecule has 0 spiro atoms. The summed E-state index contributed by atoms with van der Waals surface area (Å²) < 4.78 is 38.1. The molecule has 0 radical (unpaired) electrons. The first kappa shape index (κ1) is 15.1. The Morgan fingerprint density at radius 1 is 1.19 bits per heavy atom. The lowest BCUT2D eigenvalue weighted by molar-refractivity contribution is -0.137. The molecule has 0 aliphatic carbocycles. The number of pyridine rings is 1. The van der Waals surface area contributed by atoms with Gasteiger partial charge in [0.1, 0.15) is 5.69 Å². The number of aromatic amines is 1. The molecular weight excluding hydrogens is 309 g/mol. The van der Waals surface area contributed by atoms with E-state index in [1.807, 2.05) is 0 Å². The second-order valence-corrected chi connectivity index (χ2v) is 4.49. The van der Waals surface area contributed by atoms with Crippen LogP contribution in [0, 0.1) is 0 Å². The fourth-order valence-corrected chi connectivity index (χ4v) is 1.82. The van der Waals surface area contributed by atoms with Crippen LogP contribution in [0.3, 0.4) is 0 Å². The molecule has 4 nitrogen and oxygen atoms in total. The highest BCUT2D eigenvalue weighted by molar-refractivity contribution is 6.31. The van der Waals surface area contributed by atoms with E-state index in [0.717, 1.165) is 18.2 Å². The number of halogens is 4. The third-order valence-electron chi connectivity index (χ3n) is 2.55. The average Bonchev–Trinajstić information content (AvgIpc) is 2.39. The molecule has 1 aromatic heterocycles. The van der Waals surface area contributed by atoms with Gasteiger partial charge in [0.05, 0.1) is 10.6 Å². The maximum atomic E-state index is 12.7. The number of aromatic nitrogens is 1. The number of carbonyl (C=O) groups is 1. The van der Waals surface area contributed by atoms with Gasteiger partial charge in [-0.1, -0.05) is 11.6 Å². The smallest absolute Gasteiger partial charge is 0.357 e. The molecular formula is C13H8ClF3N2O2. The zero-order valence-corrected chi connectivity index (χ0v) is 11.0. The molecule has 0 bridgehead atoms. The maximum absolute atomic E-state index is 12.7. The van der Waals surface area contributed by atoms with E-state index >= 15 is 0 Å². The first-order valence-electron chi connectivity index (χ1n) is 5.64. The summed E-state index contributed by atoms with van der Waals surface area (Å²) in [5, 5.41) is 1.79. The van der Waals surface area contributed by atoms with Crippen LogP contribution in [0.15, 0.2) is 41.3 Å². The van der Waals surface area contributed by atoms with Crippen LogP contribution in [0.5, 0.6) is 0 Å². The van der Waals surface area contributed by atoms with Gasteiger partial charge in [-0.2, -0.15) is 13.2 Å². The first-order chi connectivity index (χ1) is 9.77. The van der Waals surface area contributed by atoms with Crippen LogP contribution in [-0.4, -0.2) is 10.9 Å². The van der Waals surface area contributed by atoms with Gasteiger partial charge in [0, 0.05) is 24.0 Å². The molecule has 110 valence electrons. The van der Waals surface area contributed by atoms with E-state index in [0.29, 0.717) is 0 Å². The summed E-state index contributed by atoms with van der Waals surface area (Å²) in [6.07, 6.45) is -3.36. The minimum Gasteiger partial charge on any atom is -0.357 e. The fraction of sp³-hybridized carbons (Fsp3) is 0.0769. The summed E-state index contributed by atoms with van der Waals surface area (Å²) in [6.45, 7) is 0. The van der Waals surface area contributed by atoms with Crippen molar-refractivity contribution < 1.29 is 18.0 Å². The minimum absolute atomic E-state index is 0.0639. The summed E-state index contributed by atoms with van der Waals surface area (Å²) in [6, 6.07) is 5.24. The highest BCUT2D eigenvalue weighted by Crippen LogP contribution is 2.36. The zero-order chi connectivity index (χ0) is 15.6. The van der Waals surface area contributed by atoms with Gasteiger partial charge in [-0.05, 0) is 18.2 Å². The number of alkyl halides is 3. The minimum atomic E-state index is -4.63. The third-order valence-corrected chi connectivity index (χ3v) is 2.88. The number of amides is 1. The van der Waals surface area contributed by atoms with Crippen LogP contribution in [0.4, 0.5) is 18.9 Å². The molecule has 1 heterocycles. The van der Waals surface area contributed by atoms with Crippen LogP contribution in [-0.2, 0) is 6.18 Å². The molecule has 2 aromatic rings. The van der Waals surface area contributed by atoms with E-state index in [-0.39, 0.29) is 11.4 Å². The van der Waals surface area contributed by atoms with Gasteiger partial charge in [-0.15, -0.1) is 0 Å². The molecule has 0 unspecified atom stereocenters. The van der Waals surface area contributed by atoms with Gasteiger partial charge < -0.3 is 10.3 Å². The maximum Gasteiger partial charge on any atom is 0.417 e. The van der Waals surface area contributed by atoms with Crippen molar-refractivity contribution in [2.75, 3.05) is 5.32 Å². The van der Waals surface area contributed by atoms with Gasteiger partial charge in [0.2, 0.25) is 0 Å². The highest BCUT2D eigenvalue weighted by Gasteiger charge is 2.33. The predicted molar refractivity (Wildman–Crippen MR) is 71.5 cm³/mol. The van der Waals surface area contributed by atoms with E-state index in [1.165, 1.54) is 18.3 Å². The topological polar surface area (TPSA) is 62.0 Å². The highest BCUT2D eigenvalue weighted by atomic mass is 35.5. The van der Waals surface area contributed by atoms with Crippen molar-refractivity contribution in [1.29, 1.82) is 0 Å².